The Balaban J connectivity index is 1.86. The van der Waals surface area contributed by atoms with Crippen molar-refractivity contribution in [2.75, 3.05) is 0 Å². The van der Waals surface area contributed by atoms with E-state index < -0.39 is 5.97 Å². The zero-order valence-corrected chi connectivity index (χ0v) is 11.2. The molecule has 106 valence electrons. The van der Waals surface area contributed by atoms with Crippen molar-refractivity contribution in [3.63, 3.8) is 0 Å². The maximum atomic E-state index is 10.5. The molecule has 0 fully saturated rings. The Kier molecular flexibility index (Phi) is 3.59. The molecular formula is C15H13N3O3. The van der Waals surface area contributed by atoms with Crippen molar-refractivity contribution in [3.05, 3.63) is 42.4 Å². The summed E-state index contributed by atoms with van der Waals surface area (Å²) in [5.41, 5.74) is 0.668. The minimum Gasteiger partial charge on any atom is -0.481 e. The molecule has 1 N–H and O–H groups in total. The van der Waals surface area contributed by atoms with E-state index in [4.69, 9.17) is 9.63 Å². The van der Waals surface area contributed by atoms with Crippen molar-refractivity contribution in [3.8, 4) is 11.5 Å². The second kappa shape index (κ2) is 5.70. The van der Waals surface area contributed by atoms with E-state index in [1.54, 1.807) is 6.20 Å². The highest BCUT2D eigenvalue weighted by atomic mass is 16.5. The molecule has 3 aromatic rings. The van der Waals surface area contributed by atoms with Crippen molar-refractivity contribution >= 4 is 16.7 Å². The lowest BCUT2D eigenvalue weighted by molar-refractivity contribution is -0.137. The number of aliphatic carboxylic acids is 1. The van der Waals surface area contributed by atoms with E-state index in [0.717, 1.165) is 10.8 Å². The molecule has 0 spiro atoms. The molecule has 0 atom stereocenters. The van der Waals surface area contributed by atoms with Crippen molar-refractivity contribution in [1.29, 1.82) is 0 Å². The molecular weight excluding hydrogens is 270 g/mol. The fraction of sp³-hybridized carbons (Fsp3) is 0.200. The van der Waals surface area contributed by atoms with Gasteiger partial charge in [-0.2, -0.15) is 4.98 Å². The number of hydrogen-bond acceptors (Lipinski definition) is 5. The Bertz CT molecular complexity index is 777. The minimum absolute atomic E-state index is 0.0875. The fourth-order valence-corrected chi connectivity index (χ4v) is 2.14. The molecule has 21 heavy (non-hydrogen) atoms. The summed E-state index contributed by atoms with van der Waals surface area (Å²) in [6.07, 6.45) is 2.71. The molecule has 3 rings (SSSR count). The van der Waals surface area contributed by atoms with Crippen LogP contribution in [0.1, 0.15) is 18.7 Å². The summed E-state index contributed by atoms with van der Waals surface area (Å²) in [5.74, 6) is 0.0311. The van der Waals surface area contributed by atoms with E-state index in [0.29, 0.717) is 30.3 Å². The average molecular weight is 283 g/mol. The summed E-state index contributed by atoms with van der Waals surface area (Å²) in [7, 11) is 0. The lowest BCUT2D eigenvalue weighted by Gasteiger charge is -2.00. The summed E-state index contributed by atoms with van der Waals surface area (Å²) in [5, 5.41) is 14.6. The van der Waals surface area contributed by atoms with Crippen LogP contribution in [0.25, 0.3) is 22.3 Å². The van der Waals surface area contributed by atoms with Crippen molar-refractivity contribution in [1.82, 2.24) is 15.1 Å². The number of pyridine rings is 1. The van der Waals surface area contributed by atoms with Gasteiger partial charge in [0.15, 0.2) is 0 Å². The number of carboxylic acids is 1. The first-order valence-corrected chi connectivity index (χ1v) is 6.62. The molecule has 0 radical (unpaired) electrons. The Morgan fingerprint density at radius 1 is 1.24 bits per heavy atom. The van der Waals surface area contributed by atoms with Gasteiger partial charge >= 0.3 is 5.97 Å². The molecule has 2 heterocycles. The number of carbonyl (C=O) groups is 1. The normalized spacial score (nSPS) is 10.9. The van der Waals surface area contributed by atoms with Crippen LogP contribution in [0, 0.1) is 0 Å². The van der Waals surface area contributed by atoms with E-state index in [-0.39, 0.29) is 6.42 Å². The van der Waals surface area contributed by atoms with E-state index in [9.17, 15) is 4.79 Å². The molecule has 1 aromatic carbocycles. The van der Waals surface area contributed by atoms with Crippen LogP contribution < -0.4 is 0 Å². The third-order valence-corrected chi connectivity index (χ3v) is 3.13. The van der Waals surface area contributed by atoms with Crippen LogP contribution in [0.5, 0.6) is 0 Å². The van der Waals surface area contributed by atoms with Crippen LogP contribution >= 0.6 is 0 Å². The van der Waals surface area contributed by atoms with E-state index in [2.05, 4.69) is 15.1 Å². The van der Waals surface area contributed by atoms with Crippen LogP contribution in [-0.4, -0.2) is 26.2 Å². The zero-order valence-electron chi connectivity index (χ0n) is 11.2. The monoisotopic (exact) mass is 283 g/mol. The molecule has 0 amide bonds. The van der Waals surface area contributed by atoms with E-state index in [1.807, 2.05) is 30.3 Å². The zero-order chi connectivity index (χ0) is 14.7. The number of benzene rings is 1. The largest absolute Gasteiger partial charge is 0.481 e. The van der Waals surface area contributed by atoms with Gasteiger partial charge in [-0.1, -0.05) is 29.4 Å². The van der Waals surface area contributed by atoms with Crippen molar-refractivity contribution in [2.24, 2.45) is 0 Å². The number of fused-ring (bicyclic) bond motifs is 1. The molecule has 6 heteroatoms. The van der Waals surface area contributed by atoms with Crippen molar-refractivity contribution in [2.45, 2.75) is 19.3 Å². The number of rotatable bonds is 5. The van der Waals surface area contributed by atoms with Gasteiger partial charge in [0.1, 0.15) is 5.69 Å². The molecule has 0 unspecified atom stereocenters. The predicted molar refractivity (Wildman–Crippen MR) is 75.6 cm³/mol. The maximum absolute atomic E-state index is 10.5. The van der Waals surface area contributed by atoms with Gasteiger partial charge in [-0.25, -0.2) is 0 Å². The lowest BCUT2D eigenvalue weighted by Crippen LogP contribution is -1.96. The maximum Gasteiger partial charge on any atom is 0.303 e. The first-order chi connectivity index (χ1) is 10.2. The standard InChI is InChI=1S/C15H13N3O3/c19-13(20)7-3-6-12-17-15(18-21-12)14-11-5-2-1-4-10(11)8-9-16-14/h1-2,4-5,8-9H,3,6-7H2,(H,19,20). The Hall–Kier alpha value is -2.76. The predicted octanol–water partition coefficient (Wildman–Crippen LogP) is 2.69. The summed E-state index contributed by atoms with van der Waals surface area (Å²) in [4.78, 5) is 19.1. The summed E-state index contributed by atoms with van der Waals surface area (Å²) in [6, 6.07) is 9.76. The second-order valence-electron chi connectivity index (χ2n) is 4.64. The van der Waals surface area contributed by atoms with Crippen molar-refractivity contribution < 1.29 is 14.4 Å². The number of aryl methyl sites for hydroxylation is 1. The van der Waals surface area contributed by atoms with Gasteiger partial charge in [-0.05, 0) is 17.9 Å². The minimum atomic E-state index is -0.828. The molecule has 0 aliphatic rings. The molecule has 2 aromatic heterocycles. The van der Waals surface area contributed by atoms with Gasteiger partial charge in [-0.15, -0.1) is 0 Å². The number of carboxylic acid groups (broad SMARTS) is 1. The van der Waals surface area contributed by atoms with Gasteiger partial charge in [0.2, 0.25) is 11.7 Å². The molecule has 0 aliphatic heterocycles. The highest BCUT2D eigenvalue weighted by molar-refractivity contribution is 5.92. The van der Waals surface area contributed by atoms with Crippen LogP contribution in [-0.2, 0) is 11.2 Å². The average Bonchev–Trinajstić information content (AvgIpc) is 2.95. The van der Waals surface area contributed by atoms with E-state index in [1.165, 1.54) is 0 Å². The topological polar surface area (TPSA) is 89.1 Å². The van der Waals surface area contributed by atoms with Gasteiger partial charge in [0.05, 0.1) is 0 Å². The van der Waals surface area contributed by atoms with Gasteiger partial charge < -0.3 is 9.63 Å². The number of hydrogen-bond donors (Lipinski definition) is 1. The van der Waals surface area contributed by atoms with Crippen LogP contribution in [0.4, 0.5) is 0 Å². The molecule has 0 saturated heterocycles. The lowest BCUT2D eigenvalue weighted by atomic mass is 10.1. The second-order valence-corrected chi connectivity index (χ2v) is 4.64. The molecule has 0 aliphatic carbocycles. The quantitative estimate of drug-likeness (QED) is 0.774. The fourth-order valence-electron chi connectivity index (χ4n) is 2.14. The van der Waals surface area contributed by atoms with E-state index >= 15 is 0 Å². The Morgan fingerprint density at radius 2 is 2.10 bits per heavy atom. The van der Waals surface area contributed by atoms with Gasteiger partial charge in [-0.3, -0.25) is 9.78 Å². The summed E-state index contributed by atoms with van der Waals surface area (Å²) >= 11 is 0. The highest BCUT2D eigenvalue weighted by Crippen LogP contribution is 2.24. The highest BCUT2D eigenvalue weighted by Gasteiger charge is 2.13. The summed E-state index contributed by atoms with van der Waals surface area (Å²) < 4.78 is 5.16. The van der Waals surface area contributed by atoms with Crippen LogP contribution in [0.15, 0.2) is 41.1 Å². The number of aromatic nitrogens is 3. The van der Waals surface area contributed by atoms with Crippen LogP contribution in [0.3, 0.4) is 0 Å². The molecule has 6 nitrogen and oxygen atoms in total. The Labute approximate surface area is 120 Å². The third kappa shape index (κ3) is 2.89. The molecule has 0 bridgehead atoms. The first kappa shape index (κ1) is 13.2. The van der Waals surface area contributed by atoms with Gasteiger partial charge in [0.25, 0.3) is 0 Å². The third-order valence-electron chi connectivity index (χ3n) is 3.13. The Morgan fingerprint density at radius 3 is 2.95 bits per heavy atom. The molecule has 0 saturated carbocycles. The smallest absolute Gasteiger partial charge is 0.303 e. The number of nitrogens with zero attached hydrogens (tertiary/aromatic N) is 3. The van der Waals surface area contributed by atoms with Crippen LogP contribution in [0.2, 0.25) is 0 Å². The van der Waals surface area contributed by atoms with Gasteiger partial charge in [0, 0.05) is 24.4 Å². The summed E-state index contributed by atoms with van der Waals surface area (Å²) in [6.45, 7) is 0. The first-order valence-electron chi connectivity index (χ1n) is 6.62. The SMILES string of the molecule is O=C(O)CCCc1nc(-c2nccc3ccccc23)no1.